The van der Waals surface area contributed by atoms with Gasteiger partial charge in [0, 0.05) is 30.2 Å². The van der Waals surface area contributed by atoms with E-state index in [0.29, 0.717) is 18.5 Å². The molecule has 138 valence electrons. The van der Waals surface area contributed by atoms with Crippen LogP contribution >= 0.6 is 0 Å². The second-order valence-electron chi connectivity index (χ2n) is 6.52. The van der Waals surface area contributed by atoms with Gasteiger partial charge in [0.05, 0.1) is 5.52 Å². The molecule has 3 aromatic rings. The maximum Gasteiger partial charge on any atom is 0.341 e. The maximum absolute atomic E-state index is 12.8. The summed E-state index contributed by atoms with van der Waals surface area (Å²) in [4.78, 5) is 17.8. The molecule has 0 radical (unpaired) electrons. The summed E-state index contributed by atoms with van der Waals surface area (Å²) in [7, 11) is -4.04. The average molecular weight is 382 g/mol. The summed E-state index contributed by atoms with van der Waals surface area (Å²) in [5.41, 5.74) is 2.07. The molecule has 1 saturated heterocycles. The number of hydrogen-bond donors (Lipinski definition) is 0. The molecule has 0 spiro atoms. The van der Waals surface area contributed by atoms with Crippen LogP contribution in [-0.4, -0.2) is 25.9 Å². The van der Waals surface area contributed by atoms with Crippen molar-refractivity contribution in [1.29, 1.82) is 0 Å². The standard InChI is InChI=1S/C20H18N2O4S/c1-14-12-15-4-2-5-18(20(15)21-13-14)27(24,25)26-17-9-7-16(8-10-17)22-11-3-6-19(22)23/h2,4-5,7-10,12-13H,3,6,11H2,1H3. The maximum atomic E-state index is 12.8. The third kappa shape index (κ3) is 3.38. The van der Waals surface area contributed by atoms with Crippen LogP contribution < -0.4 is 9.08 Å². The summed E-state index contributed by atoms with van der Waals surface area (Å²) >= 11 is 0. The number of aromatic nitrogens is 1. The van der Waals surface area contributed by atoms with E-state index in [1.165, 1.54) is 6.07 Å². The average Bonchev–Trinajstić information content (AvgIpc) is 3.07. The van der Waals surface area contributed by atoms with Crippen LogP contribution in [-0.2, 0) is 14.9 Å². The predicted octanol–water partition coefficient (Wildman–Crippen LogP) is 3.44. The zero-order chi connectivity index (χ0) is 19.0. The minimum absolute atomic E-state index is 0.0267. The van der Waals surface area contributed by atoms with Crippen LogP contribution in [0, 0.1) is 6.92 Å². The molecule has 2 aromatic carbocycles. The van der Waals surface area contributed by atoms with E-state index < -0.39 is 10.1 Å². The number of amides is 1. The number of para-hydroxylation sites is 1. The molecular weight excluding hydrogens is 364 g/mol. The Balaban J connectivity index is 1.63. The lowest BCUT2D eigenvalue weighted by atomic mass is 10.2. The zero-order valence-electron chi connectivity index (χ0n) is 14.8. The highest BCUT2D eigenvalue weighted by molar-refractivity contribution is 7.87. The second kappa shape index (κ2) is 6.66. The minimum atomic E-state index is -4.04. The summed E-state index contributed by atoms with van der Waals surface area (Å²) < 4.78 is 30.8. The Kier molecular flexibility index (Phi) is 4.31. The van der Waals surface area contributed by atoms with Crippen LogP contribution in [0.4, 0.5) is 5.69 Å². The number of nitrogens with zero attached hydrogens (tertiary/aromatic N) is 2. The van der Waals surface area contributed by atoms with Gasteiger partial charge in [-0.2, -0.15) is 8.42 Å². The number of pyridine rings is 1. The molecule has 1 aliphatic heterocycles. The fourth-order valence-corrected chi connectivity index (χ4v) is 4.33. The van der Waals surface area contributed by atoms with E-state index in [1.54, 1.807) is 41.4 Å². The van der Waals surface area contributed by atoms with Crippen molar-refractivity contribution in [1.82, 2.24) is 4.98 Å². The summed E-state index contributed by atoms with van der Waals surface area (Å²) in [6.45, 7) is 2.58. The summed E-state index contributed by atoms with van der Waals surface area (Å²) in [5, 5.41) is 0.738. The van der Waals surface area contributed by atoms with E-state index in [1.807, 2.05) is 19.1 Å². The van der Waals surface area contributed by atoms with Gasteiger partial charge < -0.3 is 9.08 Å². The molecule has 1 aliphatic rings. The van der Waals surface area contributed by atoms with Gasteiger partial charge in [0.15, 0.2) is 0 Å². The van der Waals surface area contributed by atoms with E-state index in [2.05, 4.69) is 4.98 Å². The van der Waals surface area contributed by atoms with Crippen LogP contribution in [0.15, 0.2) is 59.6 Å². The topological polar surface area (TPSA) is 76.6 Å². The first-order chi connectivity index (χ1) is 12.9. The molecule has 1 fully saturated rings. The van der Waals surface area contributed by atoms with Gasteiger partial charge in [0.1, 0.15) is 10.6 Å². The Morgan fingerprint density at radius 2 is 1.89 bits per heavy atom. The SMILES string of the molecule is Cc1cnc2c(S(=O)(=O)Oc3ccc(N4CCCC4=O)cc3)cccc2c1. The second-order valence-corrected chi connectivity index (χ2v) is 8.04. The van der Waals surface area contributed by atoms with Crippen molar-refractivity contribution in [2.45, 2.75) is 24.7 Å². The first-order valence-corrected chi connectivity index (χ1v) is 10.1. The van der Waals surface area contributed by atoms with Gasteiger partial charge in [0.2, 0.25) is 5.91 Å². The number of fused-ring (bicyclic) bond motifs is 1. The number of rotatable bonds is 4. The predicted molar refractivity (Wildman–Crippen MR) is 102 cm³/mol. The van der Waals surface area contributed by atoms with Gasteiger partial charge in [-0.3, -0.25) is 9.78 Å². The molecule has 2 heterocycles. The number of benzene rings is 2. The Labute approximate surface area is 157 Å². The Bertz CT molecular complexity index is 1120. The lowest BCUT2D eigenvalue weighted by Gasteiger charge is -2.16. The fraction of sp³-hybridized carbons (Fsp3) is 0.200. The van der Waals surface area contributed by atoms with Crippen LogP contribution in [0.1, 0.15) is 18.4 Å². The van der Waals surface area contributed by atoms with Gasteiger partial charge in [-0.25, -0.2) is 0 Å². The van der Waals surface area contributed by atoms with E-state index in [9.17, 15) is 13.2 Å². The lowest BCUT2D eigenvalue weighted by molar-refractivity contribution is -0.117. The molecule has 1 aromatic heterocycles. The molecule has 0 atom stereocenters. The first-order valence-electron chi connectivity index (χ1n) is 8.64. The van der Waals surface area contributed by atoms with Crippen molar-refractivity contribution in [3.8, 4) is 5.75 Å². The zero-order valence-corrected chi connectivity index (χ0v) is 15.6. The normalized spacial score (nSPS) is 14.7. The molecule has 1 amide bonds. The van der Waals surface area contributed by atoms with Crippen molar-refractivity contribution in [2.24, 2.45) is 0 Å². The Hall–Kier alpha value is -2.93. The number of carbonyl (C=O) groups excluding carboxylic acids is 1. The molecule has 0 bridgehead atoms. The van der Waals surface area contributed by atoms with E-state index in [0.717, 1.165) is 23.1 Å². The van der Waals surface area contributed by atoms with Gasteiger partial charge in [-0.15, -0.1) is 0 Å². The van der Waals surface area contributed by atoms with Crippen molar-refractivity contribution in [3.63, 3.8) is 0 Å². The molecule has 6 nitrogen and oxygen atoms in total. The summed E-state index contributed by atoms with van der Waals surface area (Å²) in [6.07, 6.45) is 3.00. The fourth-order valence-electron chi connectivity index (χ4n) is 3.22. The molecule has 7 heteroatoms. The molecule has 0 N–H and O–H groups in total. The highest BCUT2D eigenvalue weighted by Gasteiger charge is 2.23. The van der Waals surface area contributed by atoms with E-state index in [4.69, 9.17) is 4.18 Å². The molecule has 0 aliphatic carbocycles. The highest BCUT2D eigenvalue weighted by Crippen LogP contribution is 2.28. The van der Waals surface area contributed by atoms with Crippen molar-refractivity contribution >= 4 is 32.6 Å². The van der Waals surface area contributed by atoms with Crippen molar-refractivity contribution < 1.29 is 17.4 Å². The molecule has 0 unspecified atom stereocenters. The number of aryl methyl sites for hydroxylation is 1. The van der Waals surface area contributed by atoms with Crippen LogP contribution in [0.3, 0.4) is 0 Å². The summed E-state index contributed by atoms with van der Waals surface area (Å²) in [5.74, 6) is 0.267. The Morgan fingerprint density at radius 1 is 1.11 bits per heavy atom. The number of anilines is 1. The molecule has 4 rings (SSSR count). The number of hydrogen-bond acceptors (Lipinski definition) is 5. The van der Waals surface area contributed by atoms with Gasteiger partial charge in [0.25, 0.3) is 0 Å². The van der Waals surface area contributed by atoms with Crippen LogP contribution in [0.2, 0.25) is 0 Å². The smallest absolute Gasteiger partial charge is 0.341 e. The monoisotopic (exact) mass is 382 g/mol. The molecule has 0 saturated carbocycles. The quantitative estimate of drug-likeness (QED) is 0.646. The largest absolute Gasteiger partial charge is 0.379 e. The minimum Gasteiger partial charge on any atom is -0.379 e. The summed E-state index contributed by atoms with van der Waals surface area (Å²) in [6, 6.07) is 13.3. The molecule has 27 heavy (non-hydrogen) atoms. The first kappa shape index (κ1) is 17.5. The van der Waals surface area contributed by atoms with E-state index >= 15 is 0 Å². The third-order valence-electron chi connectivity index (χ3n) is 4.51. The van der Waals surface area contributed by atoms with Crippen LogP contribution in [0.25, 0.3) is 10.9 Å². The van der Waals surface area contributed by atoms with Crippen LogP contribution in [0.5, 0.6) is 5.75 Å². The van der Waals surface area contributed by atoms with Gasteiger partial charge in [-0.1, -0.05) is 12.1 Å². The van der Waals surface area contributed by atoms with Gasteiger partial charge >= 0.3 is 10.1 Å². The number of carbonyl (C=O) groups is 1. The third-order valence-corrected chi connectivity index (χ3v) is 5.79. The van der Waals surface area contributed by atoms with Gasteiger partial charge in [-0.05, 0) is 55.3 Å². The highest BCUT2D eigenvalue weighted by atomic mass is 32.2. The van der Waals surface area contributed by atoms with E-state index in [-0.39, 0.29) is 16.6 Å². The Morgan fingerprint density at radius 3 is 2.59 bits per heavy atom. The van der Waals surface area contributed by atoms with Crippen molar-refractivity contribution in [2.75, 3.05) is 11.4 Å². The lowest BCUT2D eigenvalue weighted by Crippen LogP contribution is -2.23. The van der Waals surface area contributed by atoms with Crippen molar-refractivity contribution in [3.05, 3.63) is 60.3 Å². The molecular formula is C20H18N2O4S.